The number of rotatable bonds is 5. The van der Waals surface area contributed by atoms with Crippen LogP contribution in [0.2, 0.25) is 4.34 Å². The molecular formula is C19H15ClF3NO3S. The predicted octanol–water partition coefficient (Wildman–Crippen LogP) is 3.78. The fourth-order valence-electron chi connectivity index (χ4n) is 2.73. The van der Waals surface area contributed by atoms with Gasteiger partial charge in [0.15, 0.2) is 11.6 Å². The number of aromatic nitrogens is 1. The van der Waals surface area contributed by atoms with Crippen molar-refractivity contribution in [2.45, 2.75) is 25.8 Å². The number of ketones is 1. The molecular weight excluding hydrogens is 415 g/mol. The SMILES string of the molecule is O=C(Cc1cc(F)c(=O)n(CC(F)F)c1)c1cc(C#C[C@@H]2CCOC2)c(Cl)s1. The van der Waals surface area contributed by atoms with E-state index in [1.165, 1.54) is 0 Å². The summed E-state index contributed by atoms with van der Waals surface area (Å²) in [6.07, 6.45) is -1.14. The lowest BCUT2D eigenvalue weighted by atomic mass is 10.1. The van der Waals surface area contributed by atoms with Gasteiger partial charge in [0.1, 0.15) is 4.34 Å². The molecule has 0 unspecified atom stereocenters. The summed E-state index contributed by atoms with van der Waals surface area (Å²) in [5.74, 6) is 4.59. The van der Waals surface area contributed by atoms with E-state index >= 15 is 0 Å². The van der Waals surface area contributed by atoms with Crippen molar-refractivity contribution in [2.24, 2.45) is 5.92 Å². The van der Waals surface area contributed by atoms with Crippen LogP contribution in [-0.4, -0.2) is 30.0 Å². The first-order valence-corrected chi connectivity index (χ1v) is 9.61. The first-order valence-electron chi connectivity index (χ1n) is 8.42. The highest BCUT2D eigenvalue weighted by atomic mass is 35.5. The van der Waals surface area contributed by atoms with Gasteiger partial charge >= 0.3 is 0 Å². The Hall–Kier alpha value is -2.08. The van der Waals surface area contributed by atoms with E-state index in [1.54, 1.807) is 6.07 Å². The molecule has 0 amide bonds. The summed E-state index contributed by atoms with van der Waals surface area (Å²) in [5.41, 5.74) is -0.497. The van der Waals surface area contributed by atoms with Crippen LogP contribution >= 0.6 is 22.9 Å². The molecule has 0 saturated carbocycles. The number of thiophene rings is 1. The number of pyridine rings is 1. The Morgan fingerprint density at radius 2 is 2.21 bits per heavy atom. The van der Waals surface area contributed by atoms with E-state index in [9.17, 15) is 22.8 Å². The van der Waals surface area contributed by atoms with Gasteiger partial charge in [-0.1, -0.05) is 23.4 Å². The van der Waals surface area contributed by atoms with E-state index in [0.29, 0.717) is 32.6 Å². The molecule has 0 bridgehead atoms. The van der Waals surface area contributed by atoms with Gasteiger partial charge in [0, 0.05) is 25.1 Å². The minimum Gasteiger partial charge on any atom is -0.380 e. The Morgan fingerprint density at radius 1 is 1.43 bits per heavy atom. The van der Waals surface area contributed by atoms with Crippen LogP contribution in [-0.2, 0) is 17.7 Å². The second kappa shape index (κ2) is 8.95. The molecule has 1 aliphatic rings. The van der Waals surface area contributed by atoms with Gasteiger partial charge in [-0.15, -0.1) is 11.3 Å². The summed E-state index contributed by atoms with van der Waals surface area (Å²) >= 11 is 7.20. The summed E-state index contributed by atoms with van der Waals surface area (Å²) in [6, 6.07) is 2.45. The summed E-state index contributed by atoms with van der Waals surface area (Å²) in [6.45, 7) is 0.304. The van der Waals surface area contributed by atoms with Crippen molar-refractivity contribution in [3.8, 4) is 11.8 Å². The van der Waals surface area contributed by atoms with Gasteiger partial charge in [-0.3, -0.25) is 9.59 Å². The number of nitrogens with zero attached hydrogens (tertiary/aromatic N) is 1. The number of hydrogen-bond acceptors (Lipinski definition) is 4. The van der Waals surface area contributed by atoms with Gasteiger partial charge in [0.05, 0.1) is 23.6 Å². The summed E-state index contributed by atoms with van der Waals surface area (Å²) in [4.78, 5) is 24.4. The molecule has 0 radical (unpaired) electrons. The first kappa shape index (κ1) is 20.6. The van der Waals surface area contributed by atoms with Crippen molar-refractivity contribution >= 4 is 28.7 Å². The van der Waals surface area contributed by atoms with Crippen LogP contribution in [0, 0.1) is 23.6 Å². The molecule has 1 aliphatic heterocycles. The highest BCUT2D eigenvalue weighted by molar-refractivity contribution is 7.18. The second-order valence-corrected chi connectivity index (χ2v) is 7.93. The predicted molar refractivity (Wildman–Crippen MR) is 99.8 cm³/mol. The fourth-order valence-corrected chi connectivity index (χ4v) is 3.86. The topological polar surface area (TPSA) is 48.3 Å². The van der Waals surface area contributed by atoms with Crippen molar-refractivity contribution in [1.29, 1.82) is 0 Å². The fraction of sp³-hybridized carbons (Fsp3) is 0.368. The monoisotopic (exact) mass is 429 g/mol. The molecule has 0 spiro atoms. The number of halogens is 4. The van der Waals surface area contributed by atoms with Crippen LogP contribution in [0.25, 0.3) is 0 Å². The van der Waals surface area contributed by atoms with Gasteiger partial charge in [-0.2, -0.15) is 0 Å². The molecule has 148 valence electrons. The molecule has 3 rings (SSSR count). The Balaban J connectivity index is 1.77. The maximum Gasteiger partial charge on any atom is 0.286 e. The lowest BCUT2D eigenvalue weighted by Gasteiger charge is -2.08. The molecule has 2 aromatic heterocycles. The van der Waals surface area contributed by atoms with Gasteiger partial charge in [-0.05, 0) is 24.1 Å². The molecule has 0 aromatic carbocycles. The van der Waals surface area contributed by atoms with E-state index in [4.69, 9.17) is 16.3 Å². The van der Waals surface area contributed by atoms with Gasteiger partial charge < -0.3 is 9.30 Å². The molecule has 28 heavy (non-hydrogen) atoms. The van der Waals surface area contributed by atoms with Gasteiger partial charge in [0.25, 0.3) is 12.0 Å². The Bertz CT molecular complexity index is 1000. The quantitative estimate of drug-likeness (QED) is 0.537. The lowest BCUT2D eigenvalue weighted by molar-refractivity contribution is 0.0996. The number of Topliss-reactive ketones (excluding diaryl/α,β-unsaturated/α-hetero) is 1. The molecule has 9 heteroatoms. The molecule has 1 fully saturated rings. The van der Waals surface area contributed by atoms with Crippen molar-refractivity contribution in [3.05, 3.63) is 54.8 Å². The first-order chi connectivity index (χ1) is 13.3. The van der Waals surface area contributed by atoms with Crippen molar-refractivity contribution in [2.75, 3.05) is 13.2 Å². The molecule has 0 aliphatic carbocycles. The normalized spacial score (nSPS) is 16.2. The van der Waals surface area contributed by atoms with Crippen LogP contribution in [0.3, 0.4) is 0 Å². The van der Waals surface area contributed by atoms with Gasteiger partial charge in [0.2, 0.25) is 0 Å². The Morgan fingerprint density at radius 3 is 2.89 bits per heavy atom. The van der Waals surface area contributed by atoms with Crippen LogP contribution in [0.5, 0.6) is 0 Å². The maximum absolute atomic E-state index is 13.7. The largest absolute Gasteiger partial charge is 0.380 e. The van der Waals surface area contributed by atoms with E-state index in [0.717, 1.165) is 30.0 Å². The minimum absolute atomic E-state index is 0.128. The molecule has 3 heterocycles. The third-order valence-electron chi connectivity index (χ3n) is 4.10. The van der Waals surface area contributed by atoms with Crippen LogP contribution in [0.1, 0.15) is 27.2 Å². The summed E-state index contributed by atoms with van der Waals surface area (Å²) in [5, 5.41) is 0. The number of alkyl halides is 2. The van der Waals surface area contributed by atoms with E-state index in [-0.39, 0.29) is 23.7 Å². The highest BCUT2D eigenvalue weighted by Gasteiger charge is 2.17. The number of carbonyl (C=O) groups excluding carboxylic acids is 1. The van der Waals surface area contributed by atoms with Crippen molar-refractivity contribution < 1.29 is 22.7 Å². The summed E-state index contributed by atoms with van der Waals surface area (Å²) in [7, 11) is 0. The van der Waals surface area contributed by atoms with Crippen molar-refractivity contribution in [3.63, 3.8) is 0 Å². The smallest absolute Gasteiger partial charge is 0.286 e. The lowest BCUT2D eigenvalue weighted by Crippen LogP contribution is -2.26. The average molecular weight is 430 g/mol. The third kappa shape index (κ3) is 5.04. The standard InChI is InChI=1S/C19H15ClF3NO3S/c20-18-13(2-1-11-3-4-27-10-11)7-16(28-18)15(25)6-12-5-14(21)19(26)24(8-12)9-17(22)23/h5,7-8,11,17H,3-4,6,9-10H2/t11-/m1/s1. The zero-order valence-corrected chi connectivity index (χ0v) is 16.1. The van der Waals surface area contributed by atoms with E-state index < -0.39 is 24.3 Å². The molecule has 1 saturated heterocycles. The average Bonchev–Trinajstić information content (AvgIpc) is 3.26. The van der Waals surface area contributed by atoms with E-state index in [2.05, 4.69) is 11.8 Å². The van der Waals surface area contributed by atoms with Gasteiger partial charge in [-0.25, -0.2) is 13.2 Å². The molecule has 4 nitrogen and oxygen atoms in total. The maximum atomic E-state index is 13.7. The number of ether oxygens (including phenoxy) is 1. The highest BCUT2D eigenvalue weighted by Crippen LogP contribution is 2.28. The van der Waals surface area contributed by atoms with Crippen LogP contribution in [0.15, 0.2) is 23.1 Å². The molecule has 0 N–H and O–H groups in total. The zero-order chi connectivity index (χ0) is 20.3. The summed E-state index contributed by atoms with van der Waals surface area (Å²) < 4.78 is 45.0. The molecule has 1 atom stereocenters. The zero-order valence-electron chi connectivity index (χ0n) is 14.5. The van der Waals surface area contributed by atoms with Crippen LogP contribution < -0.4 is 5.56 Å². The molecule has 2 aromatic rings. The van der Waals surface area contributed by atoms with Crippen LogP contribution in [0.4, 0.5) is 13.2 Å². The number of carbonyl (C=O) groups is 1. The van der Waals surface area contributed by atoms with Crippen molar-refractivity contribution in [1.82, 2.24) is 4.57 Å². The number of hydrogen-bond donors (Lipinski definition) is 0. The third-order valence-corrected chi connectivity index (χ3v) is 5.50. The minimum atomic E-state index is -2.81. The van der Waals surface area contributed by atoms with E-state index in [1.807, 2.05) is 0 Å². The second-order valence-electron chi connectivity index (χ2n) is 6.27. The Labute approximate surface area is 167 Å². The Kier molecular flexibility index (Phi) is 6.60.